The minimum absolute atomic E-state index is 0.608. The average Bonchev–Trinajstić information content (AvgIpc) is 2.37. The van der Waals surface area contributed by atoms with Crippen LogP contribution in [0.1, 0.15) is 34.1 Å². The van der Waals surface area contributed by atoms with Crippen LogP contribution in [0.25, 0.3) is 0 Å². The zero-order valence-electron chi connectivity index (χ0n) is 8.54. The molecule has 1 rings (SSSR count). The van der Waals surface area contributed by atoms with E-state index in [1.807, 2.05) is 0 Å². The van der Waals surface area contributed by atoms with Crippen molar-refractivity contribution < 1.29 is 0 Å². The number of hydrogen-bond donors (Lipinski definition) is 0. The molecular formula is C11H19N. The first kappa shape index (κ1) is 9.37. The van der Waals surface area contributed by atoms with Crippen molar-refractivity contribution in [3.8, 4) is 0 Å². The van der Waals surface area contributed by atoms with Crippen LogP contribution in [0.4, 0.5) is 0 Å². The lowest BCUT2D eigenvalue weighted by Crippen LogP contribution is -2.35. The van der Waals surface area contributed by atoms with Crippen LogP contribution in [0.15, 0.2) is 23.9 Å². The summed E-state index contributed by atoms with van der Waals surface area (Å²) in [6, 6.07) is 1.22. The van der Waals surface area contributed by atoms with Gasteiger partial charge in [0.1, 0.15) is 0 Å². The molecule has 0 atom stereocenters. The molecule has 0 aromatic rings. The van der Waals surface area contributed by atoms with Crippen molar-refractivity contribution in [1.29, 1.82) is 0 Å². The molecule has 0 bridgehead atoms. The monoisotopic (exact) mass is 165 g/mol. The van der Waals surface area contributed by atoms with Crippen molar-refractivity contribution in [2.75, 3.05) is 0 Å². The van der Waals surface area contributed by atoms with Gasteiger partial charge in [-0.1, -0.05) is 12.2 Å². The molecule has 0 fully saturated rings. The van der Waals surface area contributed by atoms with Crippen molar-refractivity contribution in [2.24, 2.45) is 0 Å². The largest absolute Gasteiger partial charge is 0.370 e. The molecule has 12 heavy (non-hydrogen) atoms. The highest BCUT2D eigenvalue weighted by atomic mass is 15.2. The fourth-order valence-corrected chi connectivity index (χ4v) is 1.89. The summed E-state index contributed by atoms with van der Waals surface area (Å²) in [5, 5.41) is 0. The van der Waals surface area contributed by atoms with Crippen LogP contribution in [0.3, 0.4) is 0 Å². The van der Waals surface area contributed by atoms with E-state index in [1.54, 1.807) is 0 Å². The molecule has 0 aromatic heterocycles. The van der Waals surface area contributed by atoms with E-state index in [2.05, 4.69) is 50.8 Å². The van der Waals surface area contributed by atoms with Crippen LogP contribution in [0.2, 0.25) is 0 Å². The van der Waals surface area contributed by atoms with Crippen molar-refractivity contribution in [1.82, 2.24) is 4.90 Å². The third kappa shape index (κ3) is 1.90. The van der Waals surface area contributed by atoms with Gasteiger partial charge in [0.05, 0.1) is 0 Å². The maximum Gasteiger partial charge on any atom is 0.0233 e. The Kier molecular flexibility index (Phi) is 2.96. The third-order valence-corrected chi connectivity index (χ3v) is 2.20. The molecule has 0 saturated heterocycles. The first-order valence-corrected chi connectivity index (χ1v) is 4.77. The van der Waals surface area contributed by atoms with E-state index in [0.717, 1.165) is 6.42 Å². The average molecular weight is 165 g/mol. The Labute approximate surface area is 75.8 Å². The van der Waals surface area contributed by atoms with E-state index in [0.29, 0.717) is 12.1 Å². The zero-order valence-corrected chi connectivity index (χ0v) is 8.54. The van der Waals surface area contributed by atoms with Crippen molar-refractivity contribution in [2.45, 2.75) is 46.2 Å². The minimum Gasteiger partial charge on any atom is -0.370 e. The highest BCUT2D eigenvalue weighted by molar-refractivity contribution is 5.22. The van der Waals surface area contributed by atoms with Crippen LogP contribution in [0.5, 0.6) is 0 Å². The third-order valence-electron chi connectivity index (χ3n) is 2.20. The van der Waals surface area contributed by atoms with Gasteiger partial charge in [-0.2, -0.15) is 0 Å². The Morgan fingerprint density at radius 2 is 1.75 bits per heavy atom. The molecule has 1 heteroatoms. The fraction of sp³-hybridized carbons (Fsp3) is 0.636. The van der Waals surface area contributed by atoms with E-state index in [4.69, 9.17) is 0 Å². The molecule has 0 heterocycles. The molecule has 1 aliphatic rings. The van der Waals surface area contributed by atoms with Gasteiger partial charge >= 0.3 is 0 Å². The maximum atomic E-state index is 2.47. The summed E-state index contributed by atoms with van der Waals surface area (Å²) in [7, 11) is 0. The molecule has 0 saturated carbocycles. The van der Waals surface area contributed by atoms with Gasteiger partial charge in [-0.15, -0.1) is 0 Å². The van der Waals surface area contributed by atoms with Crippen molar-refractivity contribution >= 4 is 0 Å². The highest BCUT2D eigenvalue weighted by Gasteiger charge is 2.16. The summed E-state index contributed by atoms with van der Waals surface area (Å²) in [5.74, 6) is 0. The smallest absolute Gasteiger partial charge is 0.0233 e. The van der Waals surface area contributed by atoms with Gasteiger partial charge in [-0.3, -0.25) is 0 Å². The SMILES string of the molecule is CC(C)N(C1=CC=CC1)C(C)C. The Morgan fingerprint density at radius 1 is 1.17 bits per heavy atom. The van der Waals surface area contributed by atoms with Gasteiger partial charge in [-0.05, 0) is 33.8 Å². The Hall–Kier alpha value is -0.720. The van der Waals surface area contributed by atoms with Gasteiger partial charge in [0.25, 0.3) is 0 Å². The summed E-state index contributed by atoms with van der Waals surface area (Å²) >= 11 is 0. The molecule has 0 N–H and O–H groups in total. The zero-order chi connectivity index (χ0) is 9.14. The summed E-state index contributed by atoms with van der Waals surface area (Å²) in [5.41, 5.74) is 1.46. The van der Waals surface area contributed by atoms with Crippen LogP contribution < -0.4 is 0 Å². The number of hydrogen-bond acceptors (Lipinski definition) is 1. The Morgan fingerprint density at radius 3 is 2.08 bits per heavy atom. The molecule has 68 valence electrons. The van der Waals surface area contributed by atoms with Gasteiger partial charge in [0, 0.05) is 24.2 Å². The second-order valence-electron chi connectivity index (χ2n) is 3.89. The van der Waals surface area contributed by atoms with Crippen molar-refractivity contribution in [3.63, 3.8) is 0 Å². The lowest BCUT2D eigenvalue weighted by atomic mass is 10.2. The first-order chi connectivity index (χ1) is 5.63. The standard InChI is InChI=1S/C11H19N/c1-9(2)12(10(3)4)11-7-5-6-8-11/h5-7,9-10H,8H2,1-4H3. The summed E-state index contributed by atoms with van der Waals surface area (Å²) in [6.45, 7) is 9.00. The van der Waals surface area contributed by atoms with E-state index >= 15 is 0 Å². The molecular weight excluding hydrogens is 146 g/mol. The number of rotatable bonds is 3. The molecule has 0 radical (unpaired) electrons. The maximum absolute atomic E-state index is 2.47. The molecule has 0 aliphatic heterocycles. The molecule has 1 nitrogen and oxygen atoms in total. The van der Waals surface area contributed by atoms with Gasteiger partial charge in [0.2, 0.25) is 0 Å². The lowest BCUT2D eigenvalue weighted by Gasteiger charge is -2.34. The van der Waals surface area contributed by atoms with Crippen LogP contribution in [0, 0.1) is 0 Å². The van der Waals surface area contributed by atoms with Crippen LogP contribution >= 0.6 is 0 Å². The highest BCUT2D eigenvalue weighted by Crippen LogP contribution is 2.20. The number of nitrogens with zero attached hydrogens (tertiary/aromatic N) is 1. The Bertz CT molecular complexity index is 191. The van der Waals surface area contributed by atoms with Crippen LogP contribution in [-0.2, 0) is 0 Å². The predicted molar refractivity (Wildman–Crippen MR) is 54.0 cm³/mol. The predicted octanol–water partition coefficient (Wildman–Crippen LogP) is 2.95. The molecule has 1 aliphatic carbocycles. The first-order valence-electron chi connectivity index (χ1n) is 4.77. The molecule has 0 unspecified atom stereocenters. The van der Waals surface area contributed by atoms with Gasteiger partial charge in [-0.25, -0.2) is 0 Å². The summed E-state index contributed by atoms with van der Waals surface area (Å²) in [4.78, 5) is 2.47. The minimum atomic E-state index is 0.608. The second kappa shape index (κ2) is 3.79. The quantitative estimate of drug-likeness (QED) is 0.621. The summed E-state index contributed by atoms with van der Waals surface area (Å²) in [6.07, 6.45) is 7.69. The second-order valence-corrected chi connectivity index (χ2v) is 3.89. The van der Waals surface area contributed by atoms with E-state index in [-0.39, 0.29) is 0 Å². The van der Waals surface area contributed by atoms with E-state index < -0.39 is 0 Å². The van der Waals surface area contributed by atoms with Crippen molar-refractivity contribution in [3.05, 3.63) is 23.9 Å². The lowest BCUT2D eigenvalue weighted by molar-refractivity contribution is 0.228. The molecule has 0 amide bonds. The van der Waals surface area contributed by atoms with E-state index in [1.165, 1.54) is 5.70 Å². The van der Waals surface area contributed by atoms with Crippen LogP contribution in [-0.4, -0.2) is 17.0 Å². The molecule has 0 spiro atoms. The number of allylic oxidation sites excluding steroid dienone is 3. The summed E-state index contributed by atoms with van der Waals surface area (Å²) < 4.78 is 0. The molecule has 0 aromatic carbocycles. The normalized spacial score (nSPS) is 16.0. The van der Waals surface area contributed by atoms with E-state index in [9.17, 15) is 0 Å². The topological polar surface area (TPSA) is 3.24 Å². The fourth-order valence-electron chi connectivity index (χ4n) is 1.89. The van der Waals surface area contributed by atoms with Gasteiger partial charge in [0.15, 0.2) is 0 Å². The Balaban J connectivity index is 2.66. The van der Waals surface area contributed by atoms with Gasteiger partial charge < -0.3 is 4.90 Å².